The summed E-state index contributed by atoms with van der Waals surface area (Å²) in [6, 6.07) is 1.83. The molecule has 0 amide bonds. The lowest BCUT2D eigenvalue weighted by Gasteiger charge is -2.16. The molecule has 1 aromatic carbocycles. The van der Waals surface area contributed by atoms with Gasteiger partial charge < -0.3 is 8.83 Å². The van der Waals surface area contributed by atoms with Crippen molar-refractivity contribution in [3.8, 4) is 0 Å². The molecule has 1 aliphatic rings. The number of aryl methyl sites for hydroxylation is 1. The third-order valence-corrected chi connectivity index (χ3v) is 4.77. The summed E-state index contributed by atoms with van der Waals surface area (Å²) in [5.74, 6) is 0. The first-order valence-corrected chi connectivity index (χ1v) is 8.41. The van der Waals surface area contributed by atoms with Gasteiger partial charge >= 0.3 is 5.63 Å². The first-order chi connectivity index (χ1) is 10.2. The van der Waals surface area contributed by atoms with Crippen LogP contribution in [0.1, 0.15) is 24.0 Å². The highest BCUT2D eigenvalue weighted by molar-refractivity contribution is 7.98. The van der Waals surface area contributed by atoms with E-state index in [0.717, 1.165) is 42.2 Å². The van der Waals surface area contributed by atoms with E-state index in [0.29, 0.717) is 26.9 Å². The van der Waals surface area contributed by atoms with Crippen LogP contribution in [0.15, 0.2) is 24.9 Å². The summed E-state index contributed by atoms with van der Waals surface area (Å²) in [5, 5.41) is 1.91. The Morgan fingerprint density at radius 3 is 2.71 bits per heavy atom. The number of hydrogen-bond donors (Lipinski definition) is 0. The van der Waals surface area contributed by atoms with Crippen molar-refractivity contribution >= 4 is 45.4 Å². The van der Waals surface area contributed by atoms with Crippen molar-refractivity contribution < 1.29 is 8.83 Å². The van der Waals surface area contributed by atoms with Crippen molar-refractivity contribution in [1.29, 1.82) is 0 Å². The molecule has 4 nitrogen and oxygen atoms in total. The number of halogens is 1. The second kappa shape index (κ2) is 4.78. The zero-order chi connectivity index (χ0) is 14.6. The summed E-state index contributed by atoms with van der Waals surface area (Å²) in [7, 11) is 0. The average Bonchev–Trinajstić information content (AvgIpc) is 2.94. The molecule has 0 radical (unpaired) electrons. The number of thioether (sulfide) groups is 1. The highest BCUT2D eigenvalue weighted by Crippen LogP contribution is 2.36. The van der Waals surface area contributed by atoms with Crippen LogP contribution in [0.3, 0.4) is 0 Å². The minimum atomic E-state index is -0.255. The molecule has 21 heavy (non-hydrogen) atoms. The van der Waals surface area contributed by atoms with Gasteiger partial charge in [0, 0.05) is 10.9 Å². The van der Waals surface area contributed by atoms with Crippen LogP contribution in [0.4, 0.5) is 0 Å². The van der Waals surface area contributed by atoms with Crippen molar-refractivity contribution in [3.63, 3.8) is 0 Å². The Morgan fingerprint density at radius 2 is 1.95 bits per heavy atom. The van der Waals surface area contributed by atoms with Crippen LogP contribution in [-0.4, -0.2) is 11.2 Å². The van der Waals surface area contributed by atoms with Gasteiger partial charge in [0.1, 0.15) is 0 Å². The highest BCUT2D eigenvalue weighted by atomic mass is 35.5. The monoisotopic (exact) mass is 321 g/mol. The summed E-state index contributed by atoms with van der Waals surface area (Å²) in [6.07, 6.45) is 5.64. The van der Waals surface area contributed by atoms with E-state index in [1.165, 1.54) is 11.8 Å². The van der Waals surface area contributed by atoms with Crippen molar-refractivity contribution in [3.05, 3.63) is 32.6 Å². The molecule has 6 heteroatoms. The summed E-state index contributed by atoms with van der Waals surface area (Å²) in [4.78, 5) is 16.6. The van der Waals surface area contributed by atoms with Crippen LogP contribution in [0.25, 0.3) is 22.1 Å². The quantitative estimate of drug-likeness (QED) is 0.497. The lowest BCUT2D eigenvalue weighted by molar-refractivity contribution is 0.490. The summed E-state index contributed by atoms with van der Waals surface area (Å²) < 4.78 is 11.1. The van der Waals surface area contributed by atoms with Crippen molar-refractivity contribution in [2.24, 2.45) is 0 Å². The van der Waals surface area contributed by atoms with E-state index in [1.54, 1.807) is 0 Å². The molecular weight excluding hydrogens is 310 g/mol. The second-order valence-corrected chi connectivity index (χ2v) is 6.32. The molecule has 0 fully saturated rings. The summed E-state index contributed by atoms with van der Waals surface area (Å²) in [6.45, 7) is 0. The maximum absolute atomic E-state index is 12.2. The van der Waals surface area contributed by atoms with Crippen LogP contribution in [0.2, 0.25) is 5.02 Å². The zero-order valence-corrected chi connectivity index (χ0v) is 12.9. The number of fused-ring (bicyclic) bond motifs is 5. The van der Waals surface area contributed by atoms with Crippen LogP contribution in [0.5, 0.6) is 0 Å². The topological polar surface area (TPSA) is 56.2 Å². The SMILES string of the molecule is CSc1nc2c(o1)c(Cl)cc1c3c(c(=O)oc12)CCCC3. The summed E-state index contributed by atoms with van der Waals surface area (Å²) in [5.41, 5.74) is 3.10. The second-order valence-electron chi connectivity index (χ2n) is 5.15. The van der Waals surface area contributed by atoms with Crippen LogP contribution in [-0.2, 0) is 12.8 Å². The molecule has 2 aromatic heterocycles. The third kappa shape index (κ3) is 1.91. The Hall–Kier alpha value is -1.46. The molecule has 0 unspecified atom stereocenters. The van der Waals surface area contributed by atoms with Crippen molar-refractivity contribution in [2.45, 2.75) is 30.9 Å². The molecule has 0 atom stereocenters. The standard InChI is InChI=1S/C15H12ClNO3S/c1-21-15-17-11-12-9(6-10(16)13(11)20-15)7-4-2-3-5-8(7)14(18)19-12/h6H,2-5H2,1H3. The normalized spacial score (nSPS) is 14.8. The van der Waals surface area contributed by atoms with Gasteiger partial charge in [0.2, 0.25) is 0 Å². The largest absolute Gasteiger partial charge is 0.430 e. The fraction of sp³-hybridized carbons (Fsp3) is 0.333. The van der Waals surface area contributed by atoms with Gasteiger partial charge in [0.05, 0.1) is 5.02 Å². The average molecular weight is 322 g/mol. The minimum absolute atomic E-state index is 0.255. The van der Waals surface area contributed by atoms with Crippen LogP contribution >= 0.6 is 23.4 Å². The van der Waals surface area contributed by atoms with Gasteiger partial charge in [0.25, 0.3) is 5.22 Å². The minimum Gasteiger partial charge on any atom is -0.430 e. The van der Waals surface area contributed by atoms with Crippen molar-refractivity contribution in [1.82, 2.24) is 4.98 Å². The number of aromatic nitrogens is 1. The fourth-order valence-electron chi connectivity index (χ4n) is 3.00. The Kier molecular flexibility index (Phi) is 3.01. The Morgan fingerprint density at radius 1 is 1.19 bits per heavy atom. The van der Waals surface area contributed by atoms with E-state index in [2.05, 4.69) is 4.98 Å². The van der Waals surface area contributed by atoms with Crippen LogP contribution in [0, 0.1) is 0 Å². The van der Waals surface area contributed by atoms with Gasteiger partial charge in [-0.05, 0) is 43.6 Å². The molecule has 1 aliphatic carbocycles. The zero-order valence-electron chi connectivity index (χ0n) is 11.4. The maximum atomic E-state index is 12.2. The molecule has 0 N–H and O–H groups in total. The molecule has 0 saturated carbocycles. The number of hydrogen-bond acceptors (Lipinski definition) is 5. The van der Waals surface area contributed by atoms with E-state index in [-0.39, 0.29) is 5.63 Å². The van der Waals surface area contributed by atoms with Gasteiger partial charge in [-0.2, -0.15) is 4.98 Å². The predicted octanol–water partition coefficient (Wildman–Crippen LogP) is 4.19. The molecule has 0 spiro atoms. The molecule has 108 valence electrons. The van der Waals surface area contributed by atoms with E-state index < -0.39 is 0 Å². The molecule has 3 aromatic rings. The Bertz CT molecular complexity index is 928. The molecule has 0 bridgehead atoms. The van der Waals surface area contributed by atoms with Crippen molar-refractivity contribution in [2.75, 3.05) is 6.26 Å². The van der Waals surface area contributed by atoms with E-state index in [4.69, 9.17) is 20.4 Å². The molecule has 4 rings (SSSR count). The number of nitrogens with zero attached hydrogens (tertiary/aromatic N) is 1. The van der Waals surface area contributed by atoms with Gasteiger partial charge in [-0.15, -0.1) is 0 Å². The van der Waals surface area contributed by atoms with Crippen LogP contribution < -0.4 is 5.63 Å². The summed E-state index contributed by atoms with van der Waals surface area (Å²) >= 11 is 7.71. The smallest absolute Gasteiger partial charge is 0.339 e. The third-order valence-electron chi connectivity index (χ3n) is 3.96. The number of rotatable bonds is 1. The number of oxazole rings is 1. The first kappa shape index (κ1) is 13.2. The lowest BCUT2D eigenvalue weighted by Crippen LogP contribution is -2.15. The number of benzene rings is 1. The Labute approximate surface area is 129 Å². The maximum Gasteiger partial charge on any atom is 0.339 e. The van der Waals surface area contributed by atoms with E-state index in [1.807, 2.05) is 12.3 Å². The molecule has 0 aliphatic heterocycles. The first-order valence-electron chi connectivity index (χ1n) is 6.80. The lowest BCUT2D eigenvalue weighted by atomic mass is 9.90. The molecular formula is C15H12ClNO3S. The van der Waals surface area contributed by atoms with Gasteiger partial charge in [0.15, 0.2) is 16.7 Å². The van der Waals surface area contributed by atoms with Gasteiger partial charge in [-0.1, -0.05) is 23.4 Å². The fourth-order valence-corrected chi connectivity index (χ4v) is 3.58. The van der Waals surface area contributed by atoms with E-state index in [9.17, 15) is 4.79 Å². The molecule has 0 saturated heterocycles. The van der Waals surface area contributed by atoms with Gasteiger partial charge in [-0.25, -0.2) is 4.79 Å². The Balaban J connectivity index is 2.19. The molecule has 2 heterocycles. The van der Waals surface area contributed by atoms with Gasteiger partial charge in [-0.3, -0.25) is 0 Å². The predicted molar refractivity (Wildman–Crippen MR) is 83.5 cm³/mol. The highest BCUT2D eigenvalue weighted by Gasteiger charge is 2.22. The van der Waals surface area contributed by atoms with E-state index >= 15 is 0 Å².